The molecule has 2 nitrogen and oxygen atoms in total. The second kappa shape index (κ2) is 7.10. The molecule has 0 saturated heterocycles. The first-order valence-electron chi connectivity index (χ1n) is 4.90. The van der Waals surface area contributed by atoms with Gasteiger partial charge in [-0.2, -0.15) is 0 Å². The molecule has 0 fully saturated rings. The van der Waals surface area contributed by atoms with Crippen LogP contribution in [-0.2, 0) is 4.74 Å². The lowest BCUT2D eigenvalue weighted by Crippen LogP contribution is -2.28. The summed E-state index contributed by atoms with van der Waals surface area (Å²) < 4.78 is 5.10. The van der Waals surface area contributed by atoms with Gasteiger partial charge < -0.3 is 10.1 Å². The molecule has 0 radical (unpaired) electrons. The van der Waals surface area contributed by atoms with Crippen LogP contribution in [0, 0.1) is 5.92 Å². The molecule has 0 aliphatic rings. The highest BCUT2D eigenvalue weighted by molar-refractivity contribution is 4.92. The molecule has 2 atom stereocenters. The number of methoxy groups -OCH3 is 1. The Kier molecular flexibility index (Phi) is 6.92. The summed E-state index contributed by atoms with van der Waals surface area (Å²) in [6.07, 6.45) is 2.21. The molecule has 2 unspecified atom stereocenters. The van der Waals surface area contributed by atoms with E-state index in [0.717, 1.165) is 19.4 Å². The normalized spacial score (nSPS) is 15.4. The van der Waals surface area contributed by atoms with Crippen molar-refractivity contribution >= 4 is 0 Å². The Balaban J connectivity index is 3.75. The summed E-state index contributed by atoms with van der Waals surface area (Å²) in [5, 5.41) is 3.31. The number of rotatable bonds is 7. The Morgan fingerprint density at radius 3 is 2.54 bits per heavy atom. The van der Waals surface area contributed by atoms with Gasteiger partial charge in [-0.05, 0) is 32.7 Å². The van der Waals surface area contributed by atoms with Crippen LogP contribution in [0.5, 0.6) is 0 Å². The highest BCUT2D eigenvalue weighted by atomic mass is 16.5. The van der Waals surface area contributed by atoms with Crippen LogP contribution >= 0.6 is 0 Å². The lowest BCUT2D eigenvalue weighted by molar-refractivity contribution is 0.150. The van der Waals surface area contributed by atoms with Gasteiger partial charge in [0.1, 0.15) is 0 Å². The van der Waals surface area contributed by atoms with E-state index in [1.54, 1.807) is 7.11 Å². The SMILES string of the molecule is C=C(C)CC(CC(C)COC)NC. The Hall–Kier alpha value is -0.340. The summed E-state index contributed by atoms with van der Waals surface area (Å²) >= 11 is 0. The highest BCUT2D eigenvalue weighted by Gasteiger charge is 2.10. The Morgan fingerprint density at radius 1 is 1.54 bits per heavy atom. The van der Waals surface area contributed by atoms with E-state index in [0.29, 0.717) is 12.0 Å². The molecular formula is C11H23NO. The van der Waals surface area contributed by atoms with Crippen LogP contribution in [0.25, 0.3) is 0 Å². The third-order valence-corrected chi connectivity index (χ3v) is 2.14. The maximum Gasteiger partial charge on any atom is 0.0488 e. The summed E-state index contributed by atoms with van der Waals surface area (Å²) in [5.74, 6) is 0.613. The fraction of sp³-hybridized carbons (Fsp3) is 0.818. The van der Waals surface area contributed by atoms with Crippen LogP contribution in [0.1, 0.15) is 26.7 Å². The molecule has 0 heterocycles. The molecule has 0 bridgehead atoms. The molecule has 0 aliphatic carbocycles. The summed E-state index contributed by atoms with van der Waals surface area (Å²) in [5.41, 5.74) is 1.24. The zero-order valence-electron chi connectivity index (χ0n) is 9.39. The van der Waals surface area contributed by atoms with Gasteiger partial charge in [0.2, 0.25) is 0 Å². The minimum absolute atomic E-state index is 0.544. The third-order valence-electron chi connectivity index (χ3n) is 2.14. The van der Waals surface area contributed by atoms with Crippen molar-refractivity contribution in [3.63, 3.8) is 0 Å². The number of nitrogens with one attached hydrogen (secondary N) is 1. The first-order valence-corrected chi connectivity index (χ1v) is 4.90. The van der Waals surface area contributed by atoms with Crippen molar-refractivity contribution in [2.24, 2.45) is 5.92 Å². The molecule has 0 amide bonds. The van der Waals surface area contributed by atoms with Crippen LogP contribution in [0.2, 0.25) is 0 Å². The van der Waals surface area contributed by atoms with Gasteiger partial charge >= 0.3 is 0 Å². The van der Waals surface area contributed by atoms with E-state index < -0.39 is 0 Å². The number of hydrogen-bond donors (Lipinski definition) is 1. The summed E-state index contributed by atoms with van der Waals surface area (Å²) in [6, 6.07) is 0.544. The average molecular weight is 185 g/mol. The van der Waals surface area contributed by atoms with Gasteiger partial charge in [-0.1, -0.05) is 12.5 Å². The Labute approximate surface area is 82.4 Å². The fourth-order valence-corrected chi connectivity index (χ4v) is 1.56. The number of ether oxygens (including phenoxy) is 1. The first-order chi connectivity index (χ1) is 6.10. The van der Waals surface area contributed by atoms with Crippen molar-refractivity contribution in [3.05, 3.63) is 12.2 Å². The molecule has 0 aliphatic heterocycles. The van der Waals surface area contributed by atoms with Crippen molar-refractivity contribution in [2.75, 3.05) is 20.8 Å². The van der Waals surface area contributed by atoms with Crippen LogP contribution in [0.4, 0.5) is 0 Å². The van der Waals surface area contributed by atoms with E-state index in [4.69, 9.17) is 4.74 Å². The lowest BCUT2D eigenvalue weighted by atomic mass is 9.98. The van der Waals surface area contributed by atoms with Gasteiger partial charge in [0.15, 0.2) is 0 Å². The Morgan fingerprint density at radius 2 is 2.15 bits per heavy atom. The maximum absolute atomic E-state index is 5.10. The third kappa shape index (κ3) is 6.79. The molecule has 0 rings (SSSR count). The summed E-state index contributed by atoms with van der Waals surface area (Å²) in [7, 11) is 3.76. The van der Waals surface area contributed by atoms with Crippen LogP contribution in [0.3, 0.4) is 0 Å². The van der Waals surface area contributed by atoms with Gasteiger partial charge in [-0.25, -0.2) is 0 Å². The maximum atomic E-state index is 5.10. The van der Waals surface area contributed by atoms with Crippen molar-refractivity contribution in [2.45, 2.75) is 32.7 Å². The zero-order valence-corrected chi connectivity index (χ0v) is 9.39. The van der Waals surface area contributed by atoms with Gasteiger partial charge in [-0.3, -0.25) is 0 Å². The largest absolute Gasteiger partial charge is 0.384 e. The standard InChI is InChI=1S/C11H23NO/c1-9(2)6-11(12-4)7-10(3)8-13-5/h10-12H,1,6-8H2,2-5H3. The molecule has 0 saturated carbocycles. The molecule has 0 aromatic rings. The quantitative estimate of drug-likeness (QED) is 0.614. The molecule has 78 valence electrons. The van der Waals surface area contributed by atoms with Gasteiger partial charge in [0, 0.05) is 19.8 Å². The van der Waals surface area contributed by atoms with Crippen molar-refractivity contribution in [1.82, 2.24) is 5.32 Å². The van der Waals surface area contributed by atoms with Gasteiger partial charge in [-0.15, -0.1) is 6.58 Å². The van der Waals surface area contributed by atoms with Crippen LogP contribution in [0.15, 0.2) is 12.2 Å². The molecule has 0 aromatic heterocycles. The predicted octanol–water partition coefficient (Wildman–Crippen LogP) is 2.21. The topological polar surface area (TPSA) is 21.3 Å². The number of hydrogen-bond acceptors (Lipinski definition) is 2. The second-order valence-electron chi connectivity index (χ2n) is 3.94. The lowest BCUT2D eigenvalue weighted by Gasteiger charge is -2.20. The minimum Gasteiger partial charge on any atom is -0.384 e. The second-order valence-corrected chi connectivity index (χ2v) is 3.94. The monoisotopic (exact) mass is 185 g/mol. The Bertz CT molecular complexity index is 145. The van der Waals surface area contributed by atoms with Gasteiger partial charge in [0.25, 0.3) is 0 Å². The van der Waals surface area contributed by atoms with Crippen molar-refractivity contribution in [3.8, 4) is 0 Å². The van der Waals surface area contributed by atoms with E-state index in [-0.39, 0.29) is 0 Å². The molecule has 2 heteroatoms. The van der Waals surface area contributed by atoms with E-state index in [1.807, 2.05) is 7.05 Å². The predicted molar refractivity (Wildman–Crippen MR) is 57.9 cm³/mol. The minimum atomic E-state index is 0.544. The van der Waals surface area contributed by atoms with Crippen molar-refractivity contribution < 1.29 is 4.74 Å². The molecule has 1 N–H and O–H groups in total. The average Bonchev–Trinajstić information content (AvgIpc) is 2.02. The molecule has 0 aromatic carbocycles. The smallest absolute Gasteiger partial charge is 0.0488 e. The summed E-state index contributed by atoms with van der Waals surface area (Å²) in [6.45, 7) is 9.06. The summed E-state index contributed by atoms with van der Waals surface area (Å²) in [4.78, 5) is 0. The zero-order chi connectivity index (χ0) is 10.3. The van der Waals surface area contributed by atoms with Crippen molar-refractivity contribution in [1.29, 1.82) is 0 Å². The highest BCUT2D eigenvalue weighted by Crippen LogP contribution is 2.12. The van der Waals surface area contributed by atoms with E-state index in [2.05, 4.69) is 25.7 Å². The first kappa shape index (κ1) is 12.7. The van der Waals surface area contributed by atoms with Crippen LogP contribution in [-0.4, -0.2) is 26.8 Å². The van der Waals surface area contributed by atoms with E-state index >= 15 is 0 Å². The van der Waals surface area contributed by atoms with Crippen LogP contribution < -0.4 is 5.32 Å². The molecule has 0 spiro atoms. The van der Waals surface area contributed by atoms with E-state index in [9.17, 15) is 0 Å². The van der Waals surface area contributed by atoms with E-state index in [1.165, 1.54) is 5.57 Å². The fourth-order valence-electron chi connectivity index (χ4n) is 1.56. The molecule has 13 heavy (non-hydrogen) atoms. The van der Waals surface area contributed by atoms with Gasteiger partial charge in [0.05, 0.1) is 0 Å². The molecular weight excluding hydrogens is 162 g/mol.